The van der Waals surface area contributed by atoms with Crippen LogP contribution in [0, 0.1) is 0 Å². The molecule has 0 aromatic carbocycles. The fraction of sp³-hybridized carbons (Fsp3) is 0. The minimum absolute atomic E-state index is 0.738. The van der Waals surface area contributed by atoms with Gasteiger partial charge in [0, 0.05) is 0 Å². The molecule has 1 heteroatoms. The quantitative estimate of drug-likeness (QED) is 0.495. The first-order valence-corrected chi connectivity index (χ1v) is 6.09. The van der Waals surface area contributed by atoms with Gasteiger partial charge in [-0.1, -0.05) is 0 Å². The van der Waals surface area contributed by atoms with E-state index in [1.165, 1.54) is 0 Å². The van der Waals surface area contributed by atoms with E-state index >= 15 is 0 Å². The summed E-state index contributed by atoms with van der Waals surface area (Å²) in [4.78, 5) is 4.70. The Balaban J connectivity index is 2.40. The van der Waals surface area contributed by atoms with Crippen molar-refractivity contribution >= 4 is 14.7 Å². The Morgan fingerprint density at radius 3 is 2.78 bits per heavy atom. The van der Waals surface area contributed by atoms with E-state index < -0.39 is 14.7 Å². The van der Waals surface area contributed by atoms with Crippen molar-refractivity contribution < 1.29 is 0 Å². The van der Waals surface area contributed by atoms with Gasteiger partial charge in [0.25, 0.3) is 0 Å². The molecular weight excluding hydrogens is 171 g/mol. The van der Waals surface area contributed by atoms with E-state index in [-0.39, 0.29) is 0 Å². The fourth-order valence-corrected chi connectivity index (χ4v) is 4.16. The van der Waals surface area contributed by atoms with Crippen LogP contribution in [0.15, 0.2) is 44.5 Å². The third-order valence-electron chi connectivity index (χ3n) is 1.44. The molecule has 0 N–H and O–H groups in total. The molecule has 0 radical (unpaired) electrons. The summed E-state index contributed by atoms with van der Waals surface area (Å²) in [6.45, 7) is 0. The van der Waals surface area contributed by atoms with Gasteiger partial charge in [-0.05, 0) is 0 Å². The molecule has 2 heterocycles. The molecular formula is C8H7As. The Labute approximate surface area is 59.5 Å². The summed E-state index contributed by atoms with van der Waals surface area (Å²) in [5, 5.41) is 0. The van der Waals surface area contributed by atoms with Gasteiger partial charge < -0.3 is 0 Å². The number of allylic oxidation sites excluding steroid dienone is 6. The zero-order valence-electron chi connectivity index (χ0n) is 4.99. The zero-order chi connectivity index (χ0) is 6.10. The van der Waals surface area contributed by atoms with Crippen molar-refractivity contribution in [3.05, 3.63) is 44.5 Å². The summed E-state index contributed by atoms with van der Waals surface area (Å²) in [7, 11) is 0. The molecule has 2 aliphatic rings. The number of fused-ring (bicyclic) bond motifs is 1. The van der Waals surface area contributed by atoms with Crippen LogP contribution in [0.5, 0.6) is 0 Å². The van der Waals surface area contributed by atoms with E-state index in [1.807, 2.05) is 0 Å². The molecule has 0 saturated carbocycles. The second-order valence-corrected chi connectivity index (χ2v) is 6.08. The summed E-state index contributed by atoms with van der Waals surface area (Å²) in [6, 6.07) is 0. The summed E-state index contributed by atoms with van der Waals surface area (Å²) >= 11 is -0.738. The molecule has 0 spiro atoms. The van der Waals surface area contributed by atoms with Crippen LogP contribution in [0.4, 0.5) is 0 Å². The molecule has 0 saturated heterocycles. The third kappa shape index (κ3) is 0.839. The molecule has 0 amide bonds. The Hall–Kier alpha value is -0.482. The molecule has 0 aromatic heterocycles. The van der Waals surface area contributed by atoms with Crippen LogP contribution in [0.25, 0.3) is 0 Å². The van der Waals surface area contributed by atoms with Crippen molar-refractivity contribution in [1.29, 1.82) is 0 Å². The van der Waals surface area contributed by atoms with E-state index in [1.54, 1.807) is 4.36 Å². The monoisotopic (exact) mass is 178 g/mol. The molecule has 0 aromatic rings. The predicted molar refractivity (Wildman–Crippen MR) is 41.3 cm³/mol. The van der Waals surface area contributed by atoms with E-state index in [2.05, 4.69) is 40.1 Å². The number of hydrogen-bond donors (Lipinski definition) is 0. The van der Waals surface area contributed by atoms with Gasteiger partial charge in [0.2, 0.25) is 0 Å². The second kappa shape index (κ2) is 2.04. The standard InChI is InChI=1S/C8H7As/c1-2-6-9-7-3-5-8(9)4-1/h1-7H. The summed E-state index contributed by atoms with van der Waals surface area (Å²) in [5.74, 6) is 0. The number of rotatable bonds is 0. The SMILES string of the molecule is C1=CC2=CC=C[As]2C=C1. The molecule has 0 bridgehead atoms. The van der Waals surface area contributed by atoms with Gasteiger partial charge in [0.15, 0.2) is 0 Å². The zero-order valence-corrected chi connectivity index (χ0v) is 6.87. The summed E-state index contributed by atoms with van der Waals surface area (Å²) in [5.41, 5.74) is 0. The maximum atomic E-state index is 2.35. The minimum atomic E-state index is -0.738. The second-order valence-electron chi connectivity index (χ2n) is 2.04. The third-order valence-corrected chi connectivity index (χ3v) is 5.38. The van der Waals surface area contributed by atoms with Crippen LogP contribution < -0.4 is 0 Å². The Morgan fingerprint density at radius 2 is 1.89 bits per heavy atom. The Bertz CT molecular complexity index is 231. The maximum absolute atomic E-state index is 2.35. The van der Waals surface area contributed by atoms with Crippen molar-refractivity contribution in [3.8, 4) is 0 Å². The van der Waals surface area contributed by atoms with Gasteiger partial charge in [-0.3, -0.25) is 0 Å². The molecule has 0 aliphatic carbocycles. The fourth-order valence-electron chi connectivity index (χ4n) is 0.980. The van der Waals surface area contributed by atoms with Crippen LogP contribution in [0.3, 0.4) is 0 Å². The van der Waals surface area contributed by atoms with Crippen molar-refractivity contribution in [2.24, 2.45) is 0 Å². The van der Waals surface area contributed by atoms with E-state index in [0.717, 1.165) is 0 Å². The number of hydrogen-bond acceptors (Lipinski definition) is 0. The van der Waals surface area contributed by atoms with Gasteiger partial charge >= 0.3 is 59.1 Å². The molecule has 1 atom stereocenters. The molecule has 2 aliphatic heterocycles. The average Bonchev–Trinajstić information content (AvgIpc) is 2.33. The summed E-state index contributed by atoms with van der Waals surface area (Å²) < 4.78 is 1.56. The molecule has 9 heavy (non-hydrogen) atoms. The molecule has 0 nitrogen and oxygen atoms in total. The topological polar surface area (TPSA) is 0 Å². The van der Waals surface area contributed by atoms with Crippen LogP contribution in [-0.2, 0) is 0 Å². The Morgan fingerprint density at radius 1 is 1.00 bits per heavy atom. The molecule has 2 rings (SSSR count). The van der Waals surface area contributed by atoms with Gasteiger partial charge in [0.05, 0.1) is 0 Å². The van der Waals surface area contributed by atoms with E-state index in [4.69, 9.17) is 0 Å². The van der Waals surface area contributed by atoms with Gasteiger partial charge in [-0.25, -0.2) is 0 Å². The normalized spacial score (nSPS) is 28.4. The van der Waals surface area contributed by atoms with Gasteiger partial charge in [-0.2, -0.15) is 0 Å². The van der Waals surface area contributed by atoms with Gasteiger partial charge in [-0.15, -0.1) is 0 Å². The van der Waals surface area contributed by atoms with Crippen molar-refractivity contribution in [3.63, 3.8) is 0 Å². The summed E-state index contributed by atoms with van der Waals surface area (Å²) in [6.07, 6.45) is 10.9. The van der Waals surface area contributed by atoms with E-state index in [9.17, 15) is 0 Å². The predicted octanol–water partition coefficient (Wildman–Crippen LogP) is 1.72. The van der Waals surface area contributed by atoms with E-state index in [0.29, 0.717) is 0 Å². The van der Waals surface area contributed by atoms with Crippen molar-refractivity contribution in [1.82, 2.24) is 0 Å². The molecule has 0 fully saturated rings. The van der Waals surface area contributed by atoms with Gasteiger partial charge in [0.1, 0.15) is 0 Å². The molecule has 1 unspecified atom stereocenters. The van der Waals surface area contributed by atoms with Crippen LogP contribution >= 0.6 is 0 Å². The van der Waals surface area contributed by atoms with Crippen molar-refractivity contribution in [2.75, 3.05) is 0 Å². The van der Waals surface area contributed by atoms with Crippen LogP contribution in [-0.4, -0.2) is 14.7 Å². The first-order valence-electron chi connectivity index (χ1n) is 2.98. The average molecular weight is 178 g/mol. The first kappa shape index (κ1) is 5.31. The first-order chi connectivity index (χ1) is 4.47. The Kier molecular flexibility index (Phi) is 1.20. The van der Waals surface area contributed by atoms with Crippen LogP contribution in [0.2, 0.25) is 0 Å². The van der Waals surface area contributed by atoms with Crippen molar-refractivity contribution in [2.45, 2.75) is 0 Å². The molecule has 44 valence electrons. The van der Waals surface area contributed by atoms with Crippen LogP contribution in [0.1, 0.15) is 0 Å².